The molecule has 1 atom stereocenters. The third-order valence-corrected chi connectivity index (χ3v) is 5.59. The Labute approximate surface area is 169 Å². The summed E-state index contributed by atoms with van der Waals surface area (Å²) in [5.41, 5.74) is 1.77. The monoisotopic (exact) mass is 392 g/mol. The van der Waals surface area contributed by atoms with Crippen LogP contribution in [0.2, 0.25) is 0 Å². The number of amides is 1. The van der Waals surface area contributed by atoms with Gasteiger partial charge in [0.05, 0.1) is 5.56 Å². The van der Waals surface area contributed by atoms with E-state index in [0.717, 1.165) is 11.9 Å². The Hall–Kier alpha value is -2.96. The molecule has 0 aliphatic carbocycles. The lowest BCUT2D eigenvalue weighted by Gasteiger charge is -2.39. The van der Waals surface area contributed by atoms with Crippen LogP contribution in [-0.2, 0) is 0 Å². The Morgan fingerprint density at radius 2 is 1.97 bits per heavy atom. The second-order valence-corrected chi connectivity index (χ2v) is 7.46. The standard InChI is InChI=1S/C23H24N2O4/c1-24-10-11-25(15-19(24)9-12-26)22(27)18-7-4-6-16(13-18)20-14-17-5-2-3-8-21(17)29-23(20)28/h2-8,13-14,19,26H,9-12,15H2,1H3. The Morgan fingerprint density at radius 1 is 1.14 bits per heavy atom. The van der Waals surface area contributed by atoms with Gasteiger partial charge in [-0.15, -0.1) is 0 Å². The molecule has 2 aromatic carbocycles. The summed E-state index contributed by atoms with van der Waals surface area (Å²) >= 11 is 0. The Kier molecular flexibility index (Phi) is 5.47. The van der Waals surface area contributed by atoms with Crippen LogP contribution in [-0.4, -0.2) is 60.1 Å². The van der Waals surface area contributed by atoms with Gasteiger partial charge in [-0.3, -0.25) is 9.69 Å². The van der Waals surface area contributed by atoms with Crippen LogP contribution in [0.1, 0.15) is 16.8 Å². The van der Waals surface area contributed by atoms with Crippen molar-refractivity contribution in [3.05, 3.63) is 70.6 Å². The van der Waals surface area contributed by atoms with Crippen molar-refractivity contribution >= 4 is 16.9 Å². The average Bonchev–Trinajstić information content (AvgIpc) is 2.74. The smallest absolute Gasteiger partial charge is 0.344 e. The van der Waals surface area contributed by atoms with Crippen LogP contribution in [0, 0.1) is 0 Å². The van der Waals surface area contributed by atoms with E-state index in [4.69, 9.17) is 4.42 Å². The van der Waals surface area contributed by atoms with Gasteiger partial charge in [0.2, 0.25) is 0 Å². The number of carbonyl (C=O) groups is 1. The highest BCUT2D eigenvalue weighted by atomic mass is 16.4. The molecule has 0 radical (unpaired) electrons. The molecule has 0 bridgehead atoms. The summed E-state index contributed by atoms with van der Waals surface area (Å²) in [7, 11) is 2.02. The first kappa shape index (κ1) is 19.4. The summed E-state index contributed by atoms with van der Waals surface area (Å²) in [5.74, 6) is -0.0620. The third kappa shape index (κ3) is 3.95. The van der Waals surface area contributed by atoms with Crippen LogP contribution in [0.3, 0.4) is 0 Å². The molecule has 1 aromatic heterocycles. The average molecular weight is 392 g/mol. The molecule has 6 heteroatoms. The lowest BCUT2D eigenvalue weighted by atomic mass is 10.0. The van der Waals surface area contributed by atoms with Crippen LogP contribution in [0.4, 0.5) is 0 Å². The summed E-state index contributed by atoms with van der Waals surface area (Å²) in [6.07, 6.45) is 0.637. The van der Waals surface area contributed by atoms with E-state index in [0.29, 0.717) is 41.8 Å². The number of rotatable bonds is 4. The molecule has 1 aliphatic rings. The van der Waals surface area contributed by atoms with Crippen molar-refractivity contribution in [3.63, 3.8) is 0 Å². The fourth-order valence-electron chi connectivity index (χ4n) is 3.86. The Balaban J connectivity index is 1.63. The van der Waals surface area contributed by atoms with Crippen LogP contribution in [0.15, 0.2) is 63.8 Å². The first-order chi connectivity index (χ1) is 14.1. The first-order valence-electron chi connectivity index (χ1n) is 9.80. The number of likely N-dealkylation sites (N-methyl/N-ethyl adjacent to an activating group) is 1. The van der Waals surface area contributed by atoms with Crippen molar-refractivity contribution in [1.82, 2.24) is 9.80 Å². The number of hydrogen-bond acceptors (Lipinski definition) is 5. The maximum absolute atomic E-state index is 13.1. The van der Waals surface area contributed by atoms with Gasteiger partial charge >= 0.3 is 5.63 Å². The molecular formula is C23H24N2O4. The van der Waals surface area contributed by atoms with Gasteiger partial charge in [-0.2, -0.15) is 0 Å². The molecule has 1 N–H and O–H groups in total. The van der Waals surface area contributed by atoms with Crippen molar-refractivity contribution < 1.29 is 14.3 Å². The molecule has 1 saturated heterocycles. The lowest BCUT2D eigenvalue weighted by Crippen LogP contribution is -2.53. The predicted octanol–water partition coefficient (Wildman–Crippen LogP) is 2.60. The highest BCUT2D eigenvalue weighted by molar-refractivity contribution is 5.96. The Bertz CT molecular complexity index is 1090. The van der Waals surface area contributed by atoms with Crippen LogP contribution in [0.25, 0.3) is 22.1 Å². The second kappa shape index (κ2) is 8.19. The minimum absolute atomic E-state index is 0.0620. The van der Waals surface area contributed by atoms with E-state index in [1.165, 1.54) is 0 Å². The molecule has 3 aromatic rings. The molecule has 0 spiro atoms. The molecule has 1 aliphatic heterocycles. The minimum atomic E-state index is -0.420. The first-order valence-corrected chi connectivity index (χ1v) is 9.80. The molecular weight excluding hydrogens is 368 g/mol. The summed E-state index contributed by atoms with van der Waals surface area (Å²) in [6, 6.07) is 16.4. The van der Waals surface area contributed by atoms with Gasteiger partial charge in [-0.05, 0) is 43.3 Å². The summed E-state index contributed by atoms with van der Waals surface area (Å²) < 4.78 is 5.44. The molecule has 2 heterocycles. The number of fused-ring (bicyclic) bond motifs is 1. The minimum Gasteiger partial charge on any atom is -0.422 e. The van der Waals surface area contributed by atoms with Crippen LogP contribution >= 0.6 is 0 Å². The van der Waals surface area contributed by atoms with E-state index >= 15 is 0 Å². The van der Waals surface area contributed by atoms with Crippen LogP contribution < -0.4 is 5.63 Å². The molecule has 1 unspecified atom stereocenters. The van der Waals surface area contributed by atoms with Crippen LogP contribution in [0.5, 0.6) is 0 Å². The van der Waals surface area contributed by atoms with Crippen molar-refractivity contribution in [2.45, 2.75) is 12.5 Å². The van der Waals surface area contributed by atoms with Gasteiger partial charge in [-0.25, -0.2) is 4.79 Å². The number of hydrogen-bond donors (Lipinski definition) is 1. The zero-order chi connectivity index (χ0) is 20.4. The lowest BCUT2D eigenvalue weighted by molar-refractivity contribution is 0.0500. The number of nitrogens with zero attached hydrogens (tertiary/aromatic N) is 2. The van der Waals surface area contributed by atoms with E-state index in [2.05, 4.69) is 4.90 Å². The highest BCUT2D eigenvalue weighted by Gasteiger charge is 2.27. The summed E-state index contributed by atoms with van der Waals surface area (Å²) in [5, 5.41) is 10.1. The molecule has 29 heavy (non-hydrogen) atoms. The predicted molar refractivity (Wildman–Crippen MR) is 112 cm³/mol. The normalized spacial score (nSPS) is 17.6. The fourth-order valence-corrected chi connectivity index (χ4v) is 3.86. The van der Waals surface area contributed by atoms with Gasteiger partial charge in [-0.1, -0.05) is 30.3 Å². The maximum atomic E-state index is 13.1. The molecule has 0 saturated carbocycles. The molecule has 150 valence electrons. The van der Waals surface area contributed by atoms with Crippen molar-refractivity contribution in [2.24, 2.45) is 0 Å². The summed E-state index contributed by atoms with van der Waals surface area (Å²) in [6.45, 7) is 2.09. The summed E-state index contributed by atoms with van der Waals surface area (Å²) in [4.78, 5) is 29.6. The molecule has 6 nitrogen and oxygen atoms in total. The second-order valence-electron chi connectivity index (χ2n) is 7.46. The topological polar surface area (TPSA) is 74.0 Å². The molecule has 4 rings (SSSR count). The Morgan fingerprint density at radius 3 is 2.79 bits per heavy atom. The van der Waals surface area contributed by atoms with Gasteiger partial charge in [0.15, 0.2) is 0 Å². The molecule has 1 amide bonds. The van der Waals surface area contributed by atoms with E-state index in [1.807, 2.05) is 36.2 Å². The SMILES string of the molecule is CN1CCN(C(=O)c2cccc(-c3cc4ccccc4oc3=O)c2)CC1CCO. The van der Waals surface area contributed by atoms with E-state index in [9.17, 15) is 14.7 Å². The van der Waals surface area contributed by atoms with Gasteiger partial charge in [0, 0.05) is 43.2 Å². The zero-order valence-electron chi connectivity index (χ0n) is 16.4. The van der Waals surface area contributed by atoms with Gasteiger partial charge < -0.3 is 14.4 Å². The van der Waals surface area contributed by atoms with Gasteiger partial charge in [0.1, 0.15) is 5.58 Å². The third-order valence-electron chi connectivity index (χ3n) is 5.59. The largest absolute Gasteiger partial charge is 0.422 e. The number of aliphatic hydroxyl groups excluding tert-OH is 1. The van der Waals surface area contributed by atoms with E-state index in [1.54, 1.807) is 30.3 Å². The number of aliphatic hydroxyl groups is 1. The van der Waals surface area contributed by atoms with E-state index < -0.39 is 5.63 Å². The zero-order valence-corrected chi connectivity index (χ0v) is 16.4. The van der Waals surface area contributed by atoms with Crippen molar-refractivity contribution in [3.8, 4) is 11.1 Å². The quantitative estimate of drug-likeness (QED) is 0.691. The highest BCUT2D eigenvalue weighted by Crippen LogP contribution is 2.23. The van der Waals surface area contributed by atoms with E-state index in [-0.39, 0.29) is 18.6 Å². The number of piperazine rings is 1. The number of para-hydroxylation sites is 1. The number of benzene rings is 2. The number of carbonyl (C=O) groups excluding carboxylic acids is 1. The van der Waals surface area contributed by atoms with Gasteiger partial charge in [0.25, 0.3) is 5.91 Å². The van der Waals surface area contributed by atoms with Crippen molar-refractivity contribution in [2.75, 3.05) is 33.3 Å². The fraction of sp³-hybridized carbons (Fsp3) is 0.304. The van der Waals surface area contributed by atoms with Crippen molar-refractivity contribution in [1.29, 1.82) is 0 Å². The maximum Gasteiger partial charge on any atom is 0.344 e. The molecule has 1 fully saturated rings.